The topological polar surface area (TPSA) is 57.0 Å². The highest BCUT2D eigenvalue weighted by Gasteiger charge is 2.08. The average molecular weight is 217 g/mol. The molecule has 0 unspecified atom stereocenters. The van der Waals surface area contributed by atoms with Crippen molar-refractivity contribution in [3.63, 3.8) is 0 Å². The fourth-order valence-electron chi connectivity index (χ4n) is 1.42. The van der Waals surface area contributed by atoms with Crippen LogP contribution in [0.2, 0.25) is 0 Å². The van der Waals surface area contributed by atoms with Crippen LogP contribution in [0.5, 0.6) is 0 Å². The zero-order chi connectivity index (χ0) is 11.5. The van der Waals surface area contributed by atoms with Gasteiger partial charge < -0.3 is 4.74 Å². The summed E-state index contributed by atoms with van der Waals surface area (Å²) in [5.74, 6) is 1.09. The molecule has 2 aromatic heterocycles. The molecule has 0 aromatic carbocycles. The van der Waals surface area contributed by atoms with Gasteiger partial charge in [-0.25, -0.2) is 14.8 Å². The Kier molecular flexibility index (Phi) is 2.68. The number of aromatic nitrogens is 3. The molecular weight excluding hydrogens is 206 g/mol. The number of pyridine rings is 1. The lowest BCUT2D eigenvalue weighted by atomic mass is 10.2. The van der Waals surface area contributed by atoms with Crippen molar-refractivity contribution in [2.75, 3.05) is 7.11 Å². The fourth-order valence-corrected chi connectivity index (χ4v) is 1.42. The molecule has 0 N–H and O–H groups in total. The lowest BCUT2D eigenvalue weighted by Crippen LogP contribution is -2.05. The number of carbonyl (C=O) groups is 1. The Morgan fingerprint density at radius 3 is 2.81 bits per heavy atom. The standard InChI is InChI=1S/C11H11N3O2/c1-8-12-5-6-14(8)10-7-9(3-4-13-10)11(15)16-2/h3-7H,1-2H3. The van der Waals surface area contributed by atoms with Crippen LogP contribution >= 0.6 is 0 Å². The molecule has 2 heterocycles. The van der Waals surface area contributed by atoms with Gasteiger partial charge >= 0.3 is 5.97 Å². The summed E-state index contributed by atoms with van der Waals surface area (Å²) in [5.41, 5.74) is 0.473. The molecule has 0 saturated carbocycles. The van der Waals surface area contributed by atoms with E-state index in [1.807, 2.05) is 6.92 Å². The summed E-state index contributed by atoms with van der Waals surface area (Å²) < 4.78 is 6.45. The highest BCUT2D eigenvalue weighted by atomic mass is 16.5. The molecule has 0 aliphatic rings. The normalized spacial score (nSPS) is 10.1. The van der Waals surface area contributed by atoms with Gasteiger partial charge in [0.15, 0.2) is 0 Å². The first-order valence-electron chi connectivity index (χ1n) is 4.77. The Labute approximate surface area is 92.7 Å². The minimum atomic E-state index is -0.374. The van der Waals surface area contributed by atoms with Crippen LogP contribution in [0.4, 0.5) is 0 Å². The van der Waals surface area contributed by atoms with E-state index < -0.39 is 0 Å². The van der Waals surface area contributed by atoms with Crippen molar-refractivity contribution in [3.8, 4) is 5.82 Å². The van der Waals surface area contributed by atoms with Gasteiger partial charge in [-0.3, -0.25) is 4.57 Å². The number of rotatable bonds is 2. The number of hydrogen-bond acceptors (Lipinski definition) is 4. The molecule has 5 heteroatoms. The van der Waals surface area contributed by atoms with E-state index in [0.29, 0.717) is 11.4 Å². The van der Waals surface area contributed by atoms with Crippen LogP contribution in [0.3, 0.4) is 0 Å². The molecule has 2 aromatic rings. The van der Waals surface area contributed by atoms with Crippen molar-refractivity contribution in [2.24, 2.45) is 0 Å². The number of esters is 1. The Morgan fingerprint density at radius 2 is 2.19 bits per heavy atom. The second kappa shape index (κ2) is 4.14. The van der Waals surface area contributed by atoms with Crippen LogP contribution in [0, 0.1) is 6.92 Å². The Hall–Kier alpha value is -2.17. The van der Waals surface area contributed by atoms with E-state index in [9.17, 15) is 4.79 Å². The van der Waals surface area contributed by atoms with E-state index in [2.05, 4.69) is 14.7 Å². The maximum absolute atomic E-state index is 11.3. The van der Waals surface area contributed by atoms with Crippen LogP contribution in [-0.4, -0.2) is 27.6 Å². The summed E-state index contributed by atoms with van der Waals surface area (Å²) >= 11 is 0. The SMILES string of the molecule is COC(=O)c1ccnc(-n2ccnc2C)c1. The molecule has 0 bridgehead atoms. The molecule has 2 rings (SSSR count). The average Bonchev–Trinajstić information content (AvgIpc) is 2.74. The number of imidazole rings is 1. The number of aryl methyl sites for hydroxylation is 1. The molecule has 0 radical (unpaired) electrons. The molecule has 0 spiro atoms. The molecule has 0 amide bonds. The van der Waals surface area contributed by atoms with Crippen LogP contribution < -0.4 is 0 Å². The molecular formula is C11H11N3O2. The number of hydrogen-bond donors (Lipinski definition) is 0. The van der Waals surface area contributed by atoms with Crippen molar-refractivity contribution in [3.05, 3.63) is 42.1 Å². The fraction of sp³-hybridized carbons (Fsp3) is 0.182. The van der Waals surface area contributed by atoms with Gasteiger partial charge in [-0.05, 0) is 19.1 Å². The van der Waals surface area contributed by atoms with Gasteiger partial charge in [-0.1, -0.05) is 0 Å². The van der Waals surface area contributed by atoms with Gasteiger partial charge in [0.2, 0.25) is 0 Å². The van der Waals surface area contributed by atoms with Gasteiger partial charge in [0, 0.05) is 18.6 Å². The summed E-state index contributed by atoms with van der Waals surface area (Å²) in [5, 5.41) is 0. The second-order valence-corrected chi connectivity index (χ2v) is 3.24. The van der Waals surface area contributed by atoms with E-state index in [1.165, 1.54) is 7.11 Å². The Bertz CT molecular complexity index is 519. The third-order valence-electron chi connectivity index (χ3n) is 2.24. The first kappa shape index (κ1) is 10.4. The van der Waals surface area contributed by atoms with Crippen LogP contribution in [0.15, 0.2) is 30.7 Å². The van der Waals surface area contributed by atoms with Crippen LogP contribution in [0.1, 0.15) is 16.2 Å². The van der Waals surface area contributed by atoms with Crippen molar-refractivity contribution in [2.45, 2.75) is 6.92 Å². The van der Waals surface area contributed by atoms with Crippen molar-refractivity contribution in [1.29, 1.82) is 0 Å². The van der Waals surface area contributed by atoms with Crippen LogP contribution in [0.25, 0.3) is 5.82 Å². The number of carbonyl (C=O) groups excluding carboxylic acids is 1. The quantitative estimate of drug-likeness (QED) is 0.713. The molecule has 5 nitrogen and oxygen atoms in total. The zero-order valence-electron chi connectivity index (χ0n) is 9.04. The van der Waals surface area contributed by atoms with Crippen LogP contribution in [-0.2, 0) is 4.74 Å². The highest BCUT2D eigenvalue weighted by Crippen LogP contribution is 2.10. The summed E-state index contributed by atoms with van der Waals surface area (Å²) in [6.45, 7) is 1.87. The smallest absolute Gasteiger partial charge is 0.338 e. The Balaban J connectivity index is 2.44. The summed E-state index contributed by atoms with van der Waals surface area (Å²) in [4.78, 5) is 19.6. The first-order chi connectivity index (χ1) is 7.72. The van der Waals surface area contributed by atoms with Gasteiger partial charge in [0.1, 0.15) is 11.6 Å². The molecule has 0 aliphatic carbocycles. The molecule has 82 valence electrons. The lowest BCUT2D eigenvalue weighted by Gasteiger charge is -2.05. The minimum Gasteiger partial charge on any atom is -0.465 e. The maximum atomic E-state index is 11.3. The monoisotopic (exact) mass is 217 g/mol. The van der Waals surface area contributed by atoms with Crippen molar-refractivity contribution < 1.29 is 9.53 Å². The summed E-state index contributed by atoms with van der Waals surface area (Å²) in [6, 6.07) is 3.28. The lowest BCUT2D eigenvalue weighted by molar-refractivity contribution is 0.0600. The third-order valence-corrected chi connectivity index (χ3v) is 2.24. The second-order valence-electron chi connectivity index (χ2n) is 3.24. The summed E-state index contributed by atoms with van der Waals surface area (Å²) in [7, 11) is 1.35. The molecule has 0 saturated heterocycles. The molecule has 0 fully saturated rings. The molecule has 0 atom stereocenters. The van der Waals surface area contributed by atoms with E-state index in [4.69, 9.17) is 0 Å². The van der Waals surface area contributed by atoms with Gasteiger partial charge in [-0.2, -0.15) is 0 Å². The summed E-state index contributed by atoms with van der Waals surface area (Å²) in [6.07, 6.45) is 5.04. The minimum absolute atomic E-state index is 0.374. The third kappa shape index (κ3) is 1.79. The van der Waals surface area contributed by atoms with Gasteiger partial charge in [-0.15, -0.1) is 0 Å². The zero-order valence-corrected chi connectivity index (χ0v) is 9.04. The predicted molar refractivity (Wildman–Crippen MR) is 57.4 cm³/mol. The first-order valence-corrected chi connectivity index (χ1v) is 4.77. The maximum Gasteiger partial charge on any atom is 0.338 e. The molecule has 16 heavy (non-hydrogen) atoms. The van der Waals surface area contributed by atoms with E-state index in [-0.39, 0.29) is 5.97 Å². The van der Waals surface area contributed by atoms with Crippen molar-refractivity contribution >= 4 is 5.97 Å². The van der Waals surface area contributed by atoms with Gasteiger partial charge in [0.05, 0.1) is 12.7 Å². The van der Waals surface area contributed by atoms with E-state index in [1.54, 1.807) is 35.3 Å². The van der Waals surface area contributed by atoms with E-state index >= 15 is 0 Å². The molecule has 0 aliphatic heterocycles. The van der Waals surface area contributed by atoms with Crippen molar-refractivity contribution in [1.82, 2.24) is 14.5 Å². The highest BCUT2D eigenvalue weighted by molar-refractivity contribution is 5.89. The predicted octanol–water partition coefficient (Wildman–Crippen LogP) is 1.36. The largest absolute Gasteiger partial charge is 0.465 e. The Morgan fingerprint density at radius 1 is 1.38 bits per heavy atom. The van der Waals surface area contributed by atoms with E-state index in [0.717, 1.165) is 5.82 Å². The van der Waals surface area contributed by atoms with Gasteiger partial charge in [0.25, 0.3) is 0 Å². The number of methoxy groups -OCH3 is 1. The number of nitrogens with zero attached hydrogens (tertiary/aromatic N) is 3. The number of ether oxygens (including phenoxy) is 1.